The van der Waals surface area contributed by atoms with Gasteiger partial charge in [-0.3, -0.25) is 9.59 Å². The van der Waals surface area contributed by atoms with E-state index in [1.807, 2.05) is 44.3 Å². The molecular formula is C21H28N4O4. The van der Waals surface area contributed by atoms with Crippen LogP contribution in [0.2, 0.25) is 0 Å². The lowest BCUT2D eigenvalue weighted by Gasteiger charge is -2.30. The summed E-state index contributed by atoms with van der Waals surface area (Å²) in [6, 6.07) is 5.30. The number of aromatic amines is 1. The van der Waals surface area contributed by atoms with Crippen LogP contribution in [0.5, 0.6) is 0 Å². The molecule has 5 N–H and O–H groups in total. The van der Waals surface area contributed by atoms with Crippen molar-refractivity contribution in [1.82, 2.24) is 15.2 Å². The fourth-order valence-corrected chi connectivity index (χ4v) is 3.87. The number of aromatic nitrogens is 1. The predicted octanol–water partition coefficient (Wildman–Crippen LogP) is 1.25. The maximum absolute atomic E-state index is 13.0. The number of aliphatic carboxylic acids is 1. The van der Waals surface area contributed by atoms with Crippen molar-refractivity contribution in [3.63, 3.8) is 0 Å². The first-order valence-corrected chi connectivity index (χ1v) is 9.93. The highest BCUT2D eigenvalue weighted by Crippen LogP contribution is 2.21. The number of carboxylic acids is 1. The van der Waals surface area contributed by atoms with E-state index in [0.29, 0.717) is 25.8 Å². The minimum Gasteiger partial charge on any atom is -0.480 e. The van der Waals surface area contributed by atoms with Crippen LogP contribution in [0, 0.1) is 5.92 Å². The predicted molar refractivity (Wildman–Crippen MR) is 109 cm³/mol. The Morgan fingerprint density at radius 3 is 2.72 bits per heavy atom. The van der Waals surface area contributed by atoms with Gasteiger partial charge >= 0.3 is 5.97 Å². The van der Waals surface area contributed by atoms with Crippen LogP contribution in [-0.4, -0.2) is 57.4 Å². The second-order valence-corrected chi connectivity index (χ2v) is 7.93. The van der Waals surface area contributed by atoms with Crippen LogP contribution >= 0.6 is 0 Å². The second kappa shape index (κ2) is 8.65. The lowest BCUT2D eigenvalue weighted by Crippen LogP contribution is -2.56. The van der Waals surface area contributed by atoms with Gasteiger partial charge in [-0.25, -0.2) is 4.79 Å². The van der Waals surface area contributed by atoms with E-state index < -0.39 is 30.0 Å². The quantitative estimate of drug-likeness (QED) is 0.556. The van der Waals surface area contributed by atoms with Gasteiger partial charge < -0.3 is 26.0 Å². The second-order valence-electron chi connectivity index (χ2n) is 7.93. The Hall–Kier alpha value is -2.87. The molecule has 8 heteroatoms. The molecule has 0 aliphatic carbocycles. The van der Waals surface area contributed by atoms with Gasteiger partial charge in [0.2, 0.25) is 11.8 Å². The first-order valence-electron chi connectivity index (χ1n) is 9.93. The maximum atomic E-state index is 13.0. The van der Waals surface area contributed by atoms with Gasteiger partial charge in [-0.05, 0) is 36.8 Å². The number of para-hydroxylation sites is 1. The van der Waals surface area contributed by atoms with Crippen molar-refractivity contribution in [2.24, 2.45) is 11.7 Å². The summed E-state index contributed by atoms with van der Waals surface area (Å²) in [4.78, 5) is 41.6. The average Bonchev–Trinajstić information content (AvgIpc) is 3.33. The number of nitrogens with two attached hydrogens (primary N) is 1. The molecular weight excluding hydrogens is 372 g/mol. The monoisotopic (exact) mass is 400 g/mol. The van der Waals surface area contributed by atoms with Crippen LogP contribution in [0.3, 0.4) is 0 Å². The van der Waals surface area contributed by atoms with Crippen molar-refractivity contribution in [2.45, 2.75) is 51.2 Å². The van der Waals surface area contributed by atoms with Crippen LogP contribution in [0.25, 0.3) is 10.9 Å². The summed E-state index contributed by atoms with van der Waals surface area (Å²) in [5.74, 6) is -1.99. The topological polar surface area (TPSA) is 129 Å². The molecule has 3 rings (SSSR count). The third-order valence-corrected chi connectivity index (χ3v) is 5.50. The van der Waals surface area contributed by atoms with E-state index in [9.17, 15) is 19.5 Å². The van der Waals surface area contributed by atoms with Gasteiger partial charge in [-0.2, -0.15) is 0 Å². The van der Waals surface area contributed by atoms with E-state index >= 15 is 0 Å². The lowest BCUT2D eigenvalue weighted by atomic mass is 10.0. The SMILES string of the molecule is CC(C)C(NC(=O)C(N)Cc1c[nH]c2ccccc12)C(=O)N1CCCC1C(=O)O. The highest BCUT2D eigenvalue weighted by atomic mass is 16.4. The van der Waals surface area contributed by atoms with Crippen molar-refractivity contribution in [3.8, 4) is 0 Å². The number of rotatable bonds is 7. The fourth-order valence-electron chi connectivity index (χ4n) is 3.87. The standard InChI is InChI=1S/C21H28N4O4/c1-12(2)18(20(27)25-9-5-8-17(25)21(28)29)24-19(26)15(22)10-13-11-23-16-7-4-3-6-14(13)16/h3-4,6-7,11-12,15,17-18,23H,5,8-10,22H2,1-2H3,(H,24,26)(H,28,29). The van der Waals surface area contributed by atoms with Crippen LogP contribution in [0.1, 0.15) is 32.3 Å². The summed E-state index contributed by atoms with van der Waals surface area (Å²) in [5, 5.41) is 13.1. The van der Waals surface area contributed by atoms with E-state index in [2.05, 4.69) is 10.3 Å². The third-order valence-electron chi connectivity index (χ3n) is 5.50. The molecule has 29 heavy (non-hydrogen) atoms. The number of carbonyl (C=O) groups is 3. The molecule has 0 saturated carbocycles. The first-order chi connectivity index (χ1) is 13.8. The molecule has 1 aromatic carbocycles. The molecule has 2 amide bonds. The molecule has 1 aliphatic heterocycles. The molecule has 3 atom stereocenters. The Kier molecular flexibility index (Phi) is 6.22. The smallest absolute Gasteiger partial charge is 0.326 e. The Morgan fingerprint density at radius 1 is 1.31 bits per heavy atom. The Balaban J connectivity index is 1.69. The number of amides is 2. The molecule has 2 heterocycles. The van der Waals surface area contributed by atoms with E-state index in [4.69, 9.17) is 5.73 Å². The summed E-state index contributed by atoms with van der Waals surface area (Å²) in [7, 11) is 0. The molecule has 1 aromatic heterocycles. The van der Waals surface area contributed by atoms with Crippen LogP contribution < -0.4 is 11.1 Å². The number of nitrogens with one attached hydrogen (secondary N) is 2. The van der Waals surface area contributed by atoms with Crippen molar-refractivity contribution in [1.29, 1.82) is 0 Å². The van der Waals surface area contributed by atoms with Crippen LogP contribution in [0.15, 0.2) is 30.5 Å². The molecule has 2 aromatic rings. The number of fused-ring (bicyclic) bond motifs is 1. The largest absolute Gasteiger partial charge is 0.480 e. The zero-order valence-electron chi connectivity index (χ0n) is 16.7. The van der Waals surface area contributed by atoms with Gasteiger partial charge in [-0.1, -0.05) is 32.0 Å². The summed E-state index contributed by atoms with van der Waals surface area (Å²) in [6.45, 7) is 4.02. The van der Waals surface area contributed by atoms with E-state index in [1.54, 1.807) is 0 Å². The minimum absolute atomic E-state index is 0.193. The lowest BCUT2D eigenvalue weighted by molar-refractivity contribution is -0.150. The fraction of sp³-hybridized carbons (Fsp3) is 0.476. The van der Waals surface area contributed by atoms with Crippen molar-refractivity contribution in [2.75, 3.05) is 6.54 Å². The Morgan fingerprint density at radius 2 is 2.03 bits per heavy atom. The van der Waals surface area contributed by atoms with E-state index in [1.165, 1.54) is 4.90 Å². The van der Waals surface area contributed by atoms with Gasteiger partial charge in [-0.15, -0.1) is 0 Å². The normalized spacial score (nSPS) is 18.8. The summed E-state index contributed by atoms with van der Waals surface area (Å²) in [6.07, 6.45) is 3.24. The van der Waals surface area contributed by atoms with Crippen molar-refractivity contribution < 1.29 is 19.5 Å². The number of benzene rings is 1. The molecule has 156 valence electrons. The zero-order chi connectivity index (χ0) is 21.1. The van der Waals surface area contributed by atoms with Gasteiger partial charge in [0.15, 0.2) is 0 Å². The molecule has 0 radical (unpaired) electrons. The Labute approximate surface area is 169 Å². The molecule has 1 fully saturated rings. The number of carboxylic acid groups (broad SMARTS) is 1. The van der Waals surface area contributed by atoms with Crippen molar-refractivity contribution in [3.05, 3.63) is 36.0 Å². The minimum atomic E-state index is -1.01. The summed E-state index contributed by atoms with van der Waals surface area (Å²) < 4.78 is 0. The van der Waals surface area contributed by atoms with Gasteiger partial charge in [0.05, 0.1) is 6.04 Å². The van der Waals surface area contributed by atoms with Crippen LogP contribution in [-0.2, 0) is 20.8 Å². The summed E-state index contributed by atoms with van der Waals surface area (Å²) >= 11 is 0. The number of H-pyrrole nitrogens is 1. The average molecular weight is 400 g/mol. The van der Waals surface area contributed by atoms with Crippen LogP contribution in [0.4, 0.5) is 0 Å². The van der Waals surface area contributed by atoms with E-state index in [-0.39, 0.29) is 11.8 Å². The molecule has 3 unspecified atom stereocenters. The summed E-state index contributed by atoms with van der Waals surface area (Å²) in [5.41, 5.74) is 8.04. The number of likely N-dealkylation sites (tertiary alicyclic amines) is 1. The highest BCUT2D eigenvalue weighted by molar-refractivity contribution is 5.93. The first kappa shape index (κ1) is 20.9. The zero-order valence-corrected chi connectivity index (χ0v) is 16.7. The maximum Gasteiger partial charge on any atom is 0.326 e. The molecule has 0 spiro atoms. The number of hydrogen-bond donors (Lipinski definition) is 4. The van der Waals surface area contributed by atoms with Crippen molar-refractivity contribution >= 4 is 28.7 Å². The van der Waals surface area contributed by atoms with Gasteiger partial charge in [0.25, 0.3) is 0 Å². The highest BCUT2D eigenvalue weighted by Gasteiger charge is 2.39. The Bertz CT molecular complexity index is 907. The molecule has 1 aliphatic rings. The number of carbonyl (C=O) groups excluding carboxylic acids is 2. The number of hydrogen-bond acceptors (Lipinski definition) is 4. The molecule has 8 nitrogen and oxygen atoms in total. The molecule has 0 bridgehead atoms. The van der Waals surface area contributed by atoms with Gasteiger partial charge in [0.1, 0.15) is 12.1 Å². The van der Waals surface area contributed by atoms with Gasteiger partial charge in [0, 0.05) is 23.6 Å². The third kappa shape index (κ3) is 4.42. The number of nitrogens with zero attached hydrogens (tertiary/aromatic N) is 1. The molecule has 1 saturated heterocycles. The van der Waals surface area contributed by atoms with E-state index in [0.717, 1.165) is 16.5 Å².